The van der Waals surface area contributed by atoms with Crippen molar-refractivity contribution in [1.29, 1.82) is 0 Å². The summed E-state index contributed by atoms with van der Waals surface area (Å²) in [6, 6.07) is 7.55. The van der Waals surface area contributed by atoms with E-state index >= 15 is 0 Å². The lowest BCUT2D eigenvalue weighted by Gasteiger charge is -2.25. The van der Waals surface area contributed by atoms with Crippen molar-refractivity contribution in [2.45, 2.75) is 38.2 Å². The number of para-hydroxylation sites is 1. The van der Waals surface area contributed by atoms with E-state index in [0.29, 0.717) is 6.42 Å². The van der Waals surface area contributed by atoms with Gasteiger partial charge < -0.3 is 10.1 Å². The van der Waals surface area contributed by atoms with Crippen molar-refractivity contribution >= 4 is 5.78 Å². The lowest BCUT2D eigenvalue weighted by molar-refractivity contribution is 0.0839. The summed E-state index contributed by atoms with van der Waals surface area (Å²) >= 11 is 0. The molecular formula is C16H21NO2. The lowest BCUT2D eigenvalue weighted by atomic mass is 9.99. The molecule has 2 aliphatic rings. The number of ether oxygens (including phenoxy) is 1. The number of carbonyl (C=O) groups excluding carboxylic acids is 1. The Balaban J connectivity index is 1.44. The van der Waals surface area contributed by atoms with Crippen molar-refractivity contribution in [3.63, 3.8) is 0 Å². The monoisotopic (exact) mass is 259 g/mol. The van der Waals surface area contributed by atoms with Crippen LogP contribution in [0.4, 0.5) is 0 Å². The van der Waals surface area contributed by atoms with Crippen LogP contribution in [0.25, 0.3) is 0 Å². The number of benzene rings is 1. The summed E-state index contributed by atoms with van der Waals surface area (Å²) in [7, 11) is 0. The average molecular weight is 259 g/mol. The van der Waals surface area contributed by atoms with Crippen molar-refractivity contribution in [3.05, 3.63) is 29.8 Å². The summed E-state index contributed by atoms with van der Waals surface area (Å²) in [5.41, 5.74) is 0.737. The van der Waals surface area contributed by atoms with Crippen molar-refractivity contribution in [2.75, 3.05) is 13.1 Å². The van der Waals surface area contributed by atoms with Crippen LogP contribution in [0.3, 0.4) is 0 Å². The maximum Gasteiger partial charge on any atom is 0.170 e. The van der Waals surface area contributed by atoms with Gasteiger partial charge in [0.1, 0.15) is 11.9 Å². The number of rotatable bonds is 6. The number of hydrogen-bond donors (Lipinski definition) is 1. The molecule has 1 atom stereocenters. The molecule has 0 amide bonds. The normalized spacial score (nSPS) is 21.9. The summed E-state index contributed by atoms with van der Waals surface area (Å²) in [6.45, 7) is 2.04. The summed E-state index contributed by atoms with van der Waals surface area (Å²) in [6.07, 6.45) is 5.59. The third-order valence-electron chi connectivity index (χ3n) is 3.96. The molecule has 19 heavy (non-hydrogen) atoms. The van der Waals surface area contributed by atoms with Gasteiger partial charge in [0.25, 0.3) is 0 Å². The summed E-state index contributed by atoms with van der Waals surface area (Å²) in [4.78, 5) is 12.0. The highest BCUT2D eigenvalue weighted by Gasteiger charge is 2.25. The highest BCUT2D eigenvalue weighted by Crippen LogP contribution is 2.31. The molecule has 1 heterocycles. The number of hydrogen-bond acceptors (Lipinski definition) is 3. The molecule has 0 spiro atoms. The number of ketones is 1. The Morgan fingerprint density at radius 1 is 1.16 bits per heavy atom. The zero-order valence-corrected chi connectivity index (χ0v) is 11.2. The van der Waals surface area contributed by atoms with Gasteiger partial charge in [-0.2, -0.15) is 0 Å². The Morgan fingerprint density at radius 2 is 1.95 bits per heavy atom. The van der Waals surface area contributed by atoms with Gasteiger partial charge in [-0.3, -0.25) is 4.79 Å². The molecule has 0 radical (unpaired) electrons. The zero-order chi connectivity index (χ0) is 13.1. The molecule has 3 rings (SSSR count). The average Bonchev–Trinajstić information content (AvgIpc) is 3.23. The van der Waals surface area contributed by atoms with Crippen LogP contribution in [0.1, 0.15) is 42.5 Å². The molecule has 3 nitrogen and oxygen atoms in total. The lowest BCUT2D eigenvalue weighted by Crippen LogP contribution is -2.30. The van der Waals surface area contributed by atoms with E-state index in [1.54, 1.807) is 0 Å². The maximum absolute atomic E-state index is 12.0. The van der Waals surface area contributed by atoms with Gasteiger partial charge in [0, 0.05) is 6.42 Å². The van der Waals surface area contributed by atoms with Crippen LogP contribution >= 0.6 is 0 Å². The molecule has 1 fully saturated rings. The smallest absolute Gasteiger partial charge is 0.170 e. The summed E-state index contributed by atoms with van der Waals surface area (Å²) in [5, 5.41) is 3.45. The van der Waals surface area contributed by atoms with Crippen molar-refractivity contribution < 1.29 is 9.53 Å². The maximum atomic E-state index is 12.0. The molecule has 3 heteroatoms. The topological polar surface area (TPSA) is 38.3 Å². The molecule has 1 aliphatic carbocycles. The van der Waals surface area contributed by atoms with Gasteiger partial charge in [-0.25, -0.2) is 0 Å². The van der Waals surface area contributed by atoms with E-state index < -0.39 is 0 Å². The molecule has 1 unspecified atom stereocenters. The van der Waals surface area contributed by atoms with Gasteiger partial charge in [-0.05, 0) is 44.0 Å². The third kappa shape index (κ3) is 3.35. The largest absolute Gasteiger partial charge is 0.489 e. The first-order chi connectivity index (χ1) is 9.33. The Labute approximate surface area is 114 Å². The molecule has 1 saturated carbocycles. The first-order valence-corrected chi connectivity index (χ1v) is 7.32. The molecule has 1 aromatic carbocycles. The van der Waals surface area contributed by atoms with E-state index in [-0.39, 0.29) is 11.9 Å². The molecule has 1 aliphatic heterocycles. The minimum atomic E-state index is 0.0378. The first-order valence-electron chi connectivity index (χ1n) is 7.32. The molecule has 0 bridgehead atoms. The third-order valence-corrected chi connectivity index (χ3v) is 3.96. The van der Waals surface area contributed by atoms with Crippen LogP contribution in [0.5, 0.6) is 5.75 Å². The van der Waals surface area contributed by atoms with Crippen LogP contribution in [0.2, 0.25) is 0 Å². The molecule has 102 valence electrons. The minimum absolute atomic E-state index is 0.0378. The highest BCUT2D eigenvalue weighted by molar-refractivity contribution is 5.99. The highest BCUT2D eigenvalue weighted by atomic mass is 16.5. The molecule has 0 saturated heterocycles. The van der Waals surface area contributed by atoms with Crippen molar-refractivity contribution in [2.24, 2.45) is 5.92 Å². The van der Waals surface area contributed by atoms with E-state index in [0.717, 1.165) is 36.7 Å². The summed E-state index contributed by atoms with van der Waals surface area (Å²) < 4.78 is 5.88. The van der Waals surface area contributed by atoms with Crippen LogP contribution < -0.4 is 10.1 Å². The van der Waals surface area contributed by atoms with Crippen LogP contribution in [0.15, 0.2) is 24.3 Å². The second kappa shape index (κ2) is 5.74. The van der Waals surface area contributed by atoms with Gasteiger partial charge in [-0.15, -0.1) is 0 Å². The van der Waals surface area contributed by atoms with Gasteiger partial charge in [-0.1, -0.05) is 25.0 Å². The summed E-state index contributed by atoms with van der Waals surface area (Å²) in [5.74, 6) is 1.94. The first kappa shape index (κ1) is 12.7. The van der Waals surface area contributed by atoms with E-state index in [4.69, 9.17) is 4.74 Å². The second-order valence-corrected chi connectivity index (χ2v) is 5.63. The SMILES string of the molecule is O=C1CC(CCNCCC2CC2)Oc2ccccc21. The standard InChI is InChI=1S/C16H21NO2/c18-15-11-13(8-10-17-9-7-12-5-6-12)19-16-4-2-1-3-14(15)16/h1-4,12-13,17H,5-11H2. The predicted octanol–water partition coefficient (Wildman–Crippen LogP) is 2.80. The van der Waals surface area contributed by atoms with Crippen molar-refractivity contribution in [3.8, 4) is 5.75 Å². The van der Waals surface area contributed by atoms with Gasteiger partial charge in [0.15, 0.2) is 5.78 Å². The van der Waals surface area contributed by atoms with E-state index in [2.05, 4.69) is 5.32 Å². The van der Waals surface area contributed by atoms with Gasteiger partial charge in [0.05, 0.1) is 5.56 Å². The number of fused-ring (bicyclic) bond motifs is 1. The minimum Gasteiger partial charge on any atom is -0.489 e. The number of Topliss-reactive ketones (excluding diaryl/α,β-unsaturated/α-hetero) is 1. The quantitative estimate of drug-likeness (QED) is 0.798. The zero-order valence-electron chi connectivity index (χ0n) is 11.2. The molecule has 1 N–H and O–H groups in total. The van der Waals surface area contributed by atoms with Gasteiger partial charge >= 0.3 is 0 Å². The Kier molecular flexibility index (Phi) is 3.83. The predicted molar refractivity (Wildman–Crippen MR) is 74.6 cm³/mol. The Morgan fingerprint density at radius 3 is 2.79 bits per heavy atom. The van der Waals surface area contributed by atoms with E-state index in [9.17, 15) is 4.79 Å². The van der Waals surface area contributed by atoms with Crippen LogP contribution in [0, 0.1) is 5.92 Å². The van der Waals surface area contributed by atoms with Gasteiger partial charge in [0.2, 0.25) is 0 Å². The molecule has 1 aromatic rings. The molecule has 0 aromatic heterocycles. The fourth-order valence-electron chi connectivity index (χ4n) is 2.60. The van der Waals surface area contributed by atoms with Crippen LogP contribution in [-0.4, -0.2) is 25.0 Å². The fourth-order valence-corrected chi connectivity index (χ4v) is 2.60. The van der Waals surface area contributed by atoms with Crippen LogP contribution in [-0.2, 0) is 0 Å². The Hall–Kier alpha value is -1.35. The Bertz CT molecular complexity index is 454. The number of carbonyl (C=O) groups is 1. The second-order valence-electron chi connectivity index (χ2n) is 5.63. The van der Waals surface area contributed by atoms with Crippen molar-refractivity contribution in [1.82, 2.24) is 5.32 Å². The molecular weight excluding hydrogens is 238 g/mol. The van der Waals surface area contributed by atoms with E-state index in [1.807, 2.05) is 24.3 Å². The fraction of sp³-hybridized carbons (Fsp3) is 0.562. The van der Waals surface area contributed by atoms with E-state index in [1.165, 1.54) is 19.3 Å². The number of nitrogens with one attached hydrogen (secondary N) is 1.